The maximum atomic E-state index is 13.7. The number of piperidine rings is 1. The molecule has 0 unspecified atom stereocenters. The summed E-state index contributed by atoms with van der Waals surface area (Å²) in [5.74, 6) is -1.06. The maximum Gasteiger partial charge on any atom is 0.340 e. The zero-order valence-electron chi connectivity index (χ0n) is 23.3. The summed E-state index contributed by atoms with van der Waals surface area (Å²) >= 11 is 0. The van der Waals surface area contributed by atoms with Crippen LogP contribution in [0.3, 0.4) is 0 Å². The molecule has 1 aliphatic heterocycles. The van der Waals surface area contributed by atoms with Crippen molar-refractivity contribution in [3.8, 4) is 0 Å². The summed E-state index contributed by atoms with van der Waals surface area (Å²) in [6.45, 7) is 3.47. The Labute approximate surface area is 229 Å². The summed E-state index contributed by atoms with van der Waals surface area (Å²) in [6.07, 6.45) is 2.17. The minimum absolute atomic E-state index is 0.00601. The molecule has 1 spiro atoms. The Morgan fingerprint density at radius 2 is 1.87 bits per heavy atom. The third kappa shape index (κ3) is 2.80. The van der Waals surface area contributed by atoms with Crippen molar-refractivity contribution in [1.29, 1.82) is 0 Å². The van der Waals surface area contributed by atoms with Gasteiger partial charge in [-0.05, 0) is 44.4 Å². The van der Waals surface area contributed by atoms with Gasteiger partial charge in [0.15, 0.2) is 0 Å². The van der Waals surface area contributed by atoms with Gasteiger partial charge in [0, 0.05) is 75.1 Å². The number of para-hydroxylation sites is 1. The zero-order chi connectivity index (χ0) is 27.5. The summed E-state index contributed by atoms with van der Waals surface area (Å²) in [6, 6.07) is 7.04. The van der Waals surface area contributed by atoms with E-state index in [0.717, 1.165) is 6.54 Å². The molecule has 0 amide bonds. The van der Waals surface area contributed by atoms with Gasteiger partial charge in [0.1, 0.15) is 16.8 Å². The van der Waals surface area contributed by atoms with Crippen LogP contribution in [0, 0.1) is 29.1 Å². The van der Waals surface area contributed by atoms with Crippen LogP contribution in [0.5, 0.6) is 0 Å². The number of carbonyl (C=O) groups excluding carboxylic acids is 1. The van der Waals surface area contributed by atoms with E-state index in [9.17, 15) is 15.0 Å². The lowest BCUT2D eigenvalue weighted by Gasteiger charge is -2.70. The number of nitrogens with zero attached hydrogens (tertiary/aromatic N) is 1. The molecule has 0 radical (unpaired) electrons. The van der Waals surface area contributed by atoms with Gasteiger partial charge in [0.25, 0.3) is 0 Å². The first-order valence-electron chi connectivity index (χ1n) is 14.5. The van der Waals surface area contributed by atoms with Crippen molar-refractivity contribution in [3.63, 3.8) is 0 Å². The highest BCUT2D eigenvalue weighted by Crippen LogP contribution is 2.79. The van der Waals surface area contributed by atoms with Crippen LogP contribution in [-0.2, 0) is 18.9 Å². The quantitative estimate of drug-likeness (QED) is 0.365. The molecule has 0 aromatic heterocycles. The molecule has 7 rings (SSSR count). The van der Waals surface area contributed by atoms with E-state index in [0.29, 0.717) is 49.9 Å². The van der Waals surface area contributed by atoms with Crippen LogP contribution in [0.1, 0.15) is 49.4 Å². The van der Waals surface area contributed by atoms with Gasteiger partial charge in [-0.1, -0.05) is 19.1 Å². The number of methoxy groups -OCH3 is 3. The fraction of sp³-hybridized carbons (Fsp3) is 0.767. The number of fused-ring (bicyclic) bond motifs is 2. The van der Waals surface area contributed by atoms with Crippen LogP contribution >= 0.6 is 0 Å². The summed E-state index contributed by atoms with van der Waals surface area (Å²) in [4.78, 5) is 16.1. The van der Waals surface area contributed by atoms with Crippen LogP contribution < -0.4 is 5.73 Å². The van der Waals surface area contributed by atoms with Crippen molar-refractivity contribution in [1.82, 2.24) is 4.90 Å². The van der Waals surface area contributed by atoms with Gasteiger partial charge in [-0.3, -0.25) is 4.90 Å². The largest absolute Gasteiger partial charge is 0.454 e. The predicted octanol–water partition coefficient (Wildman–Crippen LogP) is 1.85. The average molecular weight is 543 g/mol. The van der Waals surface area contributed by atoms with E-state index in [1.54, 1.807) is 39.5 Å². The highest BCUT2D eigenvalue weighted by atomic mass is 16.6. The van der Waals surface area contributed by atoms with E-state index in [-0.39, 0.29) is 41.9 Å². The number of ether oxygens (including phenoxy) is 4. The number of hydrogen-bond donors (Lipinski definition) is 3. The van der Waals surface area contributed by atoms with Crippen LogP contribution in [0.4, 0.5) is 5.69 Å². The number of hydrogen-bond acceptors (Lipinski definition) is 9. The molecule has 1 aromatic carbocycles. The summed E-state index contributed by atoms with van der Waals surface area (Å²) in [7, 11) is 5.09. The van der Waals surface area contributed by atoms with Gasteiger partial charge in [0.05, 0.1) is 23.9 Å². The van der Waals surface area contributed by atoms with E-state index in [1.165, 1.54) is 0 Å². The first kappa shape index (κ1) is 26.2. The molecule has 6 aliphatic rings. The van der Waals surface area contributed by atoms with Crippen molar-refractivity contribution in [2.45, 2.75) is 80.2 Å². The number of nitrogen functional groups attached to an aromatic ring is 1. The van der Waals surface area contributed by atoms with Crippen molar-refractivity contribution >= 4 is 11.7 Å². The molecule has 9 nitrogen and oxygen atoms in total. The van der Waals surface area contributed by atoms with Gasteiger partial charge in [-0.2, -0.15) is 0 Å². The molecular formula is C30H42N2O7. The lowest BCUT2D eigenvalue weighted by molar-refractivity contribution is -0.337. The molecule has 5 saturated carbocycles. The lowest BCUT2D eigenvalue weighted by Crippen LogP contribution is -2.83. The van der Waals surface area contributed by atoms with Gasteiger partial charge < -0.3 is 34.9 Å². The Kier molecular flexibility index (Phi) is 5.63. The van der Waals surface area contributed by atoms with Crippen LogP contribution in [0.15, 0.2) is 24.3 Å². The number of aliphatic hydroxyl groups is 2. The van der Waals surface area contributed by atoms with E-state index in [4.69, 9.17) is 24.7 Å². The maximum absolute atomic E-state index is 13.7. The summed E-state index contributed by atoms with van der Waals surface area (Å²) in [5, 5.41) is 25.6. The highest BCUT2D eigenvalue weighted by Gasteiger charge is 2.89. The summed E-state index contributed by atoms with van der Waals surface area (Å²) in [5.41, 5.74) is 2.84. The SMILES string of the molecule is CCN1C[C@@]2(OC(=O)c3ccccc3N)CC[C@H](OC)[C@]34[C@H]5C[C@@H]6[C@@H](OC)C[C@@](O)([C@H](C[C@@H]23)[C@@H]14)[C@]5(O)[C@H]6OC. The second-order valence-electron chi connectivity index (χ2n) is 13.0. The lowest BCUT2D eigenvalue weighted by atomic mass is 9.44. The van der Waals surface area contributed by atoms with E-state index < -0.39 is 34.3 Å². The molecule has 6 fully saturated rings. The Balaban J connectivity index is 1.42. The first-order chi connectivity index (χ1) is 18.7. The Bertz CT molecular complexity index is 1180. The van der Waals surface area contributed by atoms with Crippen molar-refractivity contribution in [2.75, 3.05) is 40.2 Å². The number of carbonyl (C=O) groups is 1. The van der Waals surface area contributed by atoms with Gasteiger partial charge >= 0.3 is 5.97 Å². The molecular weight excluding hydrogens is 500 g/mol. The molecule has 214 valence electrons. The molecule has 9 heteroatoms. The number of anilines is 1. The number of esters is 1. The number of rotatable bonds is 6. The minimum Gasteiger partial charge on any atom is -0.454 e. The Hall–Kier alpha value is -1.75. The number of benzene rings is 1. The number of likely N-dealkylation sites (tertiary alicyclic amines) is 1. The molecule has 12 atom stereocenters. The fourth-order valence-corrected chi connectivity index (χ4v) is 11.3. The third-order valence-corrected chi connectivity index (χ3v) is 12.4. The normalized spacial score (nSPS) is 51.1. The minimum atomic E-state index is -1.44. The monoisotopic (exact) mass is 542 g/mol. The highest BCUT2D eigenvalue weighted by molar-refractivity contribution is 5.95. The van der Waals surface area contributed by atoms with Crippen LogP contribution in [-0.4, -0.2) is 96.7 Å². The Morgan fingerprint density at radius 1 is 1.10 bits per heavy atom. The van der Waals surface area contributed by atoms with Crippen molar-refractivity contribution < 1.29 is 34.0 Å². The topological polar surface area (TPSA) is 124 Å². The number of likely N-dealkylation sites (N-methyl/N-ethyl adjacent to an activating group) is 1. The Morgan fingerprint density at radius 3 is 2.54 bits per heavy atom. The number of nitrogens with two attached hydrogens (primary N) is 1. The van der Waals surface area contributed by atoms with Crippen LogP contribution in [0.2, 0.25) is 0 Å². The van der Waals surface area contributed by atoms with Crippen LogP contribution in [0.25, 0.3) is 0 Å². The molecule has 4 N–H and O–H groups in total. The molecule has 1 aromatic rings. The molecule has 5 aliphatic carbocycles. The van der Waals surface area contributed by atoms with E-state index >= 15 is 0 Å². The molecule has 1 saturated heterocycles. The molecule has 39 heavy (non-hydrogen) atoms. The van der Waals surface area contributed by atoms with Crippen molar-refractivity contribution in [3.05, 3.63) is 29.8 Å². The second kappa shape index (κ2) is 8.39. The smallest absolute Gasteiger partial charge is 0.340 e. The standard InChI is InChI=1S/C30H42N2O7/c1-5-32-15-27(39-26(33)16-8-6-7-9-19(16)31)11-10-23(37-3)29-21(27)13-18(24(29)32)28(34)14-20(36-2)17-12-22(29)30(28,35)25(17)38-4/h6-9,17-18,20-25,34-35H,5,10-15,31H2,1-4H3/t17-,18-,20+,21+,22-,23+,24-,25+,27+,28-,29-,30-/m1/s1. The predicted molar refractivity (Wildman–Crippen MR) is 142 cm³/mol. The zero-order valence-corrected chi connectivity index (χ0v) is 23.3. The van der Waals surface area contributed by atoms with Gasteiger partial charge in [-0.25, -0.2) is 4.79 Å². The second-order valence-corrected chi connectivity index (χ2v) is 13.0. The average Bonchev–Trinajstić information content (AvgIpc) is 3.35. The summed E-state index contributed by atoms with van der Waals surface area (Å²) < 4.78 is 24.9. The third-order valence-electron chi connectivity index (χ3n) is 12.4. The molecule has 7 bridgehead atoms. The van der Waals surface area contributed by atoms with Gasteiger partial charge in [-0.15, -0.1) is 0 Å². The fourth-order valence-electron chi connectivity index (χ4n) is 11.3. The first-order valence-corrected chi connectivity index (χ1v) is 14.5. The van der Waals surface area contributed by atoms with Crippen molar-refractivity contribution in [2.24, 2.45) is 29.1 Å². The van der Waals surface area contributed by atoms with E-state index in [2.05, 4.69) is 11.8 Å². The van der Waals surface area contributed by atoms with Gasteiger partial charge in [0.2, 0.25) is 0 Å². The van der Waals surface area contributed by atoms with E-state index in [1.807, 2.05) is 6.07 Å². The molecule has 1 heterocycles.